The van der Waals surface area contributed by atoms with Crippen LogP contribution in [0.2, 0.25) is 0 Å². The van der Waals surface area contributed by atoms with Crippen molar-refractivity contribution >= 4 is 29.8 Å². The van der Waals surface area contributed by atoms with Gasteiger partial charge in [-0.3, -0.25) is 24.9 Å². The van der Waals surface area contributed by atoms with Crippen molar-refractivity contribution in [3.63, 3.8) is 0 Å². The lowest BCUT2D eigenvalue weighted by molar-refractivity contribution is -0.221. The Morgan fingerprint density at radius 1 is 0.750 bits per heavy atom. The molecule has 3 aliphatic heterocycles. The van der Waals surface area contributed by atoms with E-state index in [-0.39, 0.29) is 11.3 Å². The summed E-state index contributed by atoms with van der Waals surface area (Å²) >= 11 is 0. The number of alkyl halides is 6. The SMILES string of the molecule is COC(=O)NC(C(=O)NC(Cc1ccc(C#Cc2ccc(N3CC4CCC(C3)N4C3COC3)nc2)cc1)C(O)CN(Cc1c(F)cc(-c2ccc(C)cn2)cc1F)NC(=O)C(NC(=O)OC)C(C)(C)C(F)(F)F)C(C)(C)C(F)(F)F. The summed E-state index contributed by atoms with van der Waals surface area (Å²) in [7, 11) is 1.67. The molecule has 2 aromatic heterocycles. The molecule has 432 valence electrons. The second kappa shape index (κ2) is 24.7. The van der Waals surface area contributed by atoms with E-state index in [4.69, 9.17) is 4.74 Å². The predicted octanol–water partition coefficient (Wildman–Crippen LogP) is 6.73. The number of hydrogen-bond donors (Lipinski definition) is 5. The van der Waals surface area contributed by atoms with Crippen molar-refractivity contribution in [1.82, 2.24) is 41.3 Å². The van der Waals surface area contributed by atoms with Gasteiger partial charge in [-0.1, -0.05) is 30.0 Å². The van der Waals surface area contributed by atoms with Crippen molar-refractivity contribution in [2.45, 2.75) is 115 Å². The third-order valence-electron chi connectivity index (χ3n) is 14.9. The van der Waals surface area contributed by atoms with Gasteiger partial charge in [-0.25, -0.2) is 28.4 Å². The van der Waals surface area contributed by atoms with E-state index >= 15 is 8.78 Å². The molecule has 3 fully saturated rings. The summed E-state index contributed by atoms with van der Waals surface area (Å²) in [4.78, 5) is 66.7. The van der Waals surface area contributed by atoms with E-state index in [0.717, 1.165) is 76.9 Å². The molecule has 6 atom stereocenters. The van der Waals surface area contributed by atoms with Crippen LogP contribution in [0.5, 0.6) is 0 Å². The zero-order valence-electron chi connectivity index (χ0n) is 44.9. The Bertz CT molecular complexity index is 2880. The number of nitrogens with one attached hydrogen (secondary N) is 4. The number of carbonyl (C=O) groups is 4. The van der Waals surface area contributed by atoms with Crippen LogP contribution in [-0.2, 0) is 36.8 Å². The van der Waals surface area contributed by atoms with Crippen LogP contribution in [0.3, 0.4) is 0 Å². The highest BCUT2D eigenvalue weighted by Crippen LogP contribution is 2.42. The molecule has 2 bridgehead atoms. The van der Waals surface area contributed by atoms with Crippen molar-refractivity contribution < 1.29 is 73.6 Å². The highest BCUT2D eigenvalue weighted by Gasteiger charge is 2.57. The van der Waals surface area contributed by atoms with Gasteiger partial charge in [-0.05, 0) is 107 Å². The molecule has 4 aromatic rings. The zero-order chi connectivity index (χ0) is 58.5. The van der Waals surface area contributed by atoms with Crippen LogP contribution >= 0.6 is 0 Å². The van der Waals surface area contributed by atoms with Crippen LogP contribution < -0.4 is 26.3 Å². The molecular formula is C55H63F8N9O8. The Morgan fingerprint density at radius 2 is 1.30 bits per heavy atom. The van der Waals surface area contributed by atoms with Gasteiger partial charge in [-0.15, -0.1) is 0 Å². The average molecular weight is 1130 g/mol. The van der Waals surface area contributed by atoms with Crippen LogP contribution in [0.4, 0.5) is 50.5 Å². The number of pyridine rings is 2. The molecular weight excluding hydrogens is 1070 g/mol. The fourth-order valence-electron chi connectivity index (χ4n) is 9.72. The first-order chi connectivity index (χ1) is 37.6. The number of aliphatic hydroxyl groups is 1. The van der Waals surface area contributed by atoms with Crippen molar-refractivity contribution in [2.24, 2.45) is 10.8 Å². The Labute approximate surface area is 457 Å². The van der Waals surface area contributed by atoms with Gasteiger partial charge in [0.2, 0.25) is 5.91 Å². The first-order valence-electron chi connectivity index (χ1n) is 25.5. The molecule has 80 heavy (non-hydrogen) atoms. The molecule has 5 N–H and O–H groups in total. The van der Waals surface area contributed by atoms with E-state index in [1.165, 1.54) is 24.4 Å². The minimum absolute atomic E-state index is 0.0250. The van der Waals surface area contributed by atoms with E-state index in [0.29, 0.717) is 67.5 Å². The molecule has 2 aromatic carbocycles. The minimum Gasteiger partial charge on any atom is -0.453 e. The van der Waals surface area contributed by atoms with Crippen molar-refractivity contribution in [3.05, 3.63) is 113 Å². The first kappa shape index (κ1) is 60.5. The quantitative estimate of drug-likeness (QED) is 0.0400. The van der Waals surface area contributed by atoms with E-state index in [1.54, 1.807) is 31.3 Å². The molecule has 6 unspecified atom stereocenters. The van der Waals surface area contributed by atoms with Gasteiger partial charge in [0.15, 0.2) is 0 Å². The largest absolute Gasteiger partial charge is 0.453 e. The number of alkyl carbamates (subject to hydrolysis) is 2. The number of anilines is 1. The number of benzene rings is 2. The first-order valence-corrected chi connectivity index (χ1v) is 25.5. The summed E-state index contributed by atoms with van der Waals surface area (Å²) in [6.45, 7) is 5.32. The molecule has 0 spiro atoms. The summed E-state index contributed by atoms with van der Waals surface area (Å²) in [6.07, 6.45) is -10.4. The topological polar surface area (TPSA) is 200 Å². The maximum Gasteiger partial charge on any atom is 0.407 e. The van der Waals surface area contributed by atoms with Gasteiger partial charge < -0.3 is 40.2 Å². The number of amides is 4. The van der Waals surface area contributed by atoms with Crippen molar-refractivity contribution in [1.29, 1.82) is 0 Å². The van der Waals surface area contributed by atoms with Crippen LogP contribution in [0.25, 0.3) is 11.3 Å². The van der Waals surface area contributed by atoms with Crippen LogP contribution in [0.1, 0.15) is 68.4 Å². The lowest BCUT2D eigenvalue weighted by atomic mass is 9.82. The molecule has 0 aliphatic carbocycles. The number of fused-ring (bicyclic) bond motifs is 2. The molecule has 3 aliphatic rings. The van der Waals surface area contributed by atoms with E-state index < -0.39 is 108 Å². The van der Waals surface area contributed by atoms with Crippen LogP contribution in [-0.4, -0.2) is 151 Å². The summed E-state index contributed by atoms with van der Waals surface area (Å²) in [5, 5.41) is 18.8. The molecule has 0 radical (unpaired) electrons. The van der Waals surface area contributed by atoms with Crippen LogP contribution in [0, 0.1) is 41.2 Å². The average Bonchev–Trinajstić information content (AvgIpc) is 3.61. The van der Waals surface area contributed by atoms with Crippen LogP contribution in [0.15, 0.2) is 73.1 Å². The third-order valence-corrected chi connectivity index (χ3v) is 14.9. The van der Waals surface area contributed by atoms with E-state index in [2.05, 4.69) is 51.8 Å². The van der Waals surface area contributed by atoms with Gasteiger partial charge in [-0.2, -0.15) is 26.3 Å². The predicted molar refractivity (Wildman–Crippen MR) is 275 cm³/mol. The monoisotopic (exact) mass is 1130 g/mol. The maximum atomic E-state index is 16.1. The number of rotatable bonds is 18. The Kier molecular flexibility index (Phi) is 18.7. The molecule has 4 amide bonds. The zero-order valence-corrected chi connectivity index (χ0v) is 44.9. The number of halogens is 8. The molecule has 25 heteroatoms. The lowest BCUT2D eigenvalue weighted by Crippen LogP contribution is -2.63. The smallest absolute Gasteiger partial charge is 0.407 e. The number of carbonyl (C=O) groups excluding carboxylic acids is 4. The molecule has 7 rings (SSSR count). The Morgan fingerprint density at radius 3 is 1.79 bits per heavy atom. The Balaban J connectivity index is 1.18. The fourth-order valence-corrected chi connectivity index (χ4v) is 9.72. The van der Waals surface area contributed by atoms with E-state index in [9.17, 15) is 50.6 Å². The standard InChI is InChI=1S/C55H63F8N9O8/c1-31-8-18-42(64-23-31)35-21-40(56)39(41(57)22-35)27-71(69-49(75)47(68-51(77)79-7)53(4,5)55(61,62)63)28-44(73)43(66-48(74)46(67-50(76)78-6)52(2,3)54(58,59)60)20-33-12-9-32(10-13-33)11-14-34-15-19-45(65-24-34)70-25-36-16-17-37(26-70)72(36)38-29-80-30-38/h8-10,12-13,15,18-19,21-24,36-38,43-44,46-47,73H,16-17,20,25-30H2,1-7H3,(H,66,74)(H,67,76)(H,68,77)(H,69,75). The van der Waals surface area contributed by atoms with Gasteiger partial charge >= 0.3 is 24.5 Å². The number of aliphatic hydroxyl groups excluding tert-OH is 1. The number of nitrogens with zero attached hydrogens (tertiary/aromatic N) is 5. The second-order valence-electron chi connectivity index (χ2n) is 21.2. The minimum atomic E-state index is -5.18. The van der Waals surface area contributed by atoms with Gasteiger partial charge in [0.25, 0.3) is 5.91 Å². The van der Waals surface area contributed by atoms with Crippen molar-refractivity contribution in [3.8, 4) is 23.1 Å². The number of piperazine rings is 1. The summed E-state index contributed by atoms with van der Waals surface area (Å²) in [6, 6.07) is 9.61. The summed E-state index contributed by atoms with van der Waals surface area (Å²) < 4.78 is 134. The number of aromatic nitrogens is 2. The number of aryl methyl sites for hydroxylation is 1. The highest BCUT2D eigenvalue weighted by atomic mass is 19.4. The number of hydrogen-bond acceptors (Lipinski definition) is 13. The summed E-state index contributed by atoms with van der Waals surface area (Å²) in [5.74, 6) is 1.35. The number of hydrazine groups is 1. The highest BCUT2D eigenvalue weighted by molar-refractivity contribution is 5.87. The van der Waals surface area contributed by atoms with Gasteiger partial charge in [0, 0.05) is 72.9 Å². The second-order valence-corrected chi connectivity index (χ2v) is 21.2. The molecule has 0 saturated carbocycles. The molecule has 3 saturated heterocycles. The van der Waals surface area contributed by atoms with Crippen molar-refractivity contribution in [2.75, 3.05) is 52.0 Å². The van der Waals surface area contributed by atoms with Gasteiger partial charge in [0.05, 0.1) is 62.1 Å². The summed E-state index contributed by atoms with van der Waals surface area (Å²) in [5.41, 5.74) is -2.45. The normalized spacial score (nSPS) is 18.4. The molecule has 17 nitrogen and oxygen atoms in total. The van der Waals surface area contributed by atoms with E-state index in [1.807, 2.05) is 22.8 Å². The number of methoxy groups -OCH3 is 2. The third kappa shape index (κ3) is 14.1. The number of ether oxygens (including phenoxy) is 3. The fraction of sp³-hybridized carbons (Fsp3) is 0.491. The van der Waals surface area contributed by atoms with Gasteiger partial charge in [0.1, 0.15) is 29.5 Å². The maximum absolute atomic E-state index is 16.1. The lowest BCUT2D eigenvalue weighted by Gasteiger charge is -2.47. The molecule has 5 heterocycles. The Hall–Kier alpha value is -7.14.